The van der Waals surface area contributed by atoms with Gasteiger partial charge in [0.25, 0.3) is 5.91 Å². The number of carboxylic acid groups (broad SMARTS) is 1. The molecular weight excluding hydrogens is 220 g/mol. The highest BCUT2D eigenvalue weighted by atomic mass is 16.4. The maximum Gasteiger partial charge on any atom is 0.308 e. The molecule has 0 saturated carbocycles. The van der Waals surface area contributed by atoms with E-state index in [4.69, 9.17) is 5.11 Å². The van der Waals surface area contributed by atoms with E-state index >= 15 is 0 Å². The number of H-pyrrole nitrogens is 1. The Hall–Kier alpha value is -1.78. The third-order valence-corrected chi connectivity index (χ3v) is 2.73. The highest BCUT2D eigenvalue weighted by Gasteiger charge is 2.20. The summed E-state index contributed by atoms with van der Waals surface area (Å²) in [4.78, 5) is 27.2. The minimum absolute atomic E-state index is 0.142. The second-order valence-electron chi connectivity index (χ2n) is 4.15. The molecule has 1 unspecified atom stereocenters. The zero-order valence-corrected chi connectivity index (χ0v) is 10.4. The molecule has 0 bridgehead atoms. The number of aromatic nitrogens is 1. The molecule has 1 aromatic heterocycles. The molecule has 17 heavy (non-hydrogen) atoms. The Morgan fingerprint density at radius 1 is 1.53 bits per heavy atom. The summed E-state index contributed by atoms with van der Waals surface area (Å²) in [5.41, 5.74) is 1.50. The predicted molar refractivity (Wildman–Crippen MR) is 63.9 cm³/mol. The summed E-state index contributed by atoms with van der Waals surface area (Å²) >= 11 is 0. The molecular formula is C12H18N2O3. The summed E-state index contributed by atoms with van der Waals surface area (Å²) in [5, 5.41) is 8.80. The molecule has 0 radical (unpaired) electrons. The maximum absolute atomic E-state index is 12.1. The van der Waals surface area contributed by atoms with Gasteiger partial charge >= 0.3 is 5.97 Å². The first-order valence-electron chi connectivity index (χ1n) is 5.61. The Labute approximate surface area is 100 Å². The van der Waals surface area contributed by atoms with E-state index in [0.29, 0.717) is 5.56 Å². The van der Waals surface area contributed by atoms with Crippen LogP contribution in [0.2, 0.25) is 0 Å². The van der Waals surface area contributed by atoms with Gasteiger partial charge < -0.3 is 15.0 Å². The molecule has 0 fully saturated rings. The lowest BCUT2D eigenvalue weighted by Crippen LogP contribution is -2.33. The zero-order valence-electron chi connectivity index (χ0n) is 10.4. The van der Waals surface area contributed by atoms with Crippen molar-refractivity contribution in [2.24, 2.45) is 5.92 Å². The van der Waals surface area contributed by atoms with E-state index in [1.807, 2.05) is 6.92 Å². The van der Waals surface area contributed by atoms with Crippen LogP contribution >= 0.6 is 0 Å². The fourth-order valence-electron chi connectivity index (χ4n) is 1.67. The van der Waals surface area contributed by atoms with Gasteiger partial charge in [-0.2, -0.15) is 0 Å². The van der Waals surface area contributed by atoms with Crippen molar-refractivity contribution in [1.29, 1.82) is 0 Å². The van der Waals surface area contributed by atoms with Crippen LogP contribution in [-0.2, 0) is 11.2 Å². The van der Waals surface area contributed by atoms with Crippen LogP contribution in [-0.4, -0.2) is 40.5 Å². The summed E-state index contributed by atoms with van der Waals surface area (Å²) in [5.74, 6) is -1.60. The average Bonchev–Trinajstić information content (AvgIpc) is 2.75. The van der Waals surface area contributed by atoms with Crippen LogP contribution in [0.5, 0.6) is 0 Å². The van der Waals surface area contributed by atoms with Crippen molar-refractivity contribution in [1.82, 2.24) is 9.88 Å². The number of nitrogens with one attached hydrogen (secondary N) is 1. The Morgan fingerprint density at radius 2 is 2.18 bits per heavy atom. The first-order valence-corrected chi connectivity index (χ1v) is 5.61. The zero-order chi connectivity index (χ0) is 13.0. The van der Waals surface area contributed by atoms with Crippen molar-refractivity contribution in [3.8, 4) is 0 Å². The highest BCUT2D eigenvalue weighted by Crippen LogP contribution is 2.11. The Morgan fingerprint density at radius 3 is 2.71 bits per heavy atom. The van der Waals surface area contributed by atoms with Gasteiger partial charge in [-0.25, -0.2) is 0 Å². The fourth-order valence-corrected chi connectivity index (χ4v) is 1.67. The van der Waals surface area contributed by atoms with Gasteiger partial charge in [-0.05, 0) is 12.5 Å². The Bertz CT molecular complexity index is 412. The SMILES string of the molecule is CCc1[nH]ccc1C(=O)N(C)CC(C)C(=O)O. The molecule has 0 aliphatic carbocycles. The number of hydrogen-bond donors (Lipinski definition) is 2. The smallest absolute Gasteiger partial charge is 0.308 e. The number of carbonyl (C=O) groups excluding carboxylic acids is 1. The van der Waals surface area contributed by atoms with Crippen molar-refractivity contribution >= 4 is 11.9 Å². The van der Waals surface area contributed by atoms with Gasteiger partial charge in [-0.1, -0.05) is 13.8 Å². The van der Waals surface area contributed by atoms with Gasteiger partial charge in [-0.15, -0.1) is 0 Å². The molecule has 2 N–H and O–H groups in total. The van der Waals surface area contributed by atoms with E-state index < -0.39 is 11.9 Å². The normalized spacial score (nSPS) is 12.2. The minimum atomic E-state index is -0.894. The number of amides is 1. The van der Waals surface area contributed by atoms with Crippen LogP contribution < -0.4 is 0 Å². The quantitative estimate of drug-likeness (QED) is 0.813. The van der Waals surface area contributed by atoms with Crippen LogP contribution in [0, 0.1) is 5.92 Å². The number of aryl methyl sites for hydroxylation is 1. The number of aliphatic carboxylic acids is 1. The van der Waals surface area contributed by atoms with E-state index in [1.165, 1.54) is 4.90 Å². The van der Waals surface area contributed by atoms with Gasteiger partial charge in [0.05, 0.1) is 11.5 Å². The molecule has 1 rings (SSSR count). The molecule has 0 spiro atoms. The monoisotopic (exact) mass is 238 g/mol. The summed E-state index contributed by atoms with van der Waals surface area (Å²) < 4.78 is 0. The van der Waals surface area contributed by atoms with E-state index in [0.717, 1.165) is 12.1 Å². The van der Waals surface area contributed by atoms with Gasteiger partial charge in [0.2, 0.25) is 0 Å². The molecule has 0 aromatic carbocycles. The molecule has 0 aliphatic heterocycles. The number of carbonyl (C=O) groups is 2. The van der Waals surface area contributed by atoms with Gasteiger partial charge in [0.15, 0.2) is 0 Å². The number of aromatic amines is 1. The lowest BCUT2D eigenvalue weighted by Gasteiger charge is -2.19. The van der Waals surface area contributed by atoms with Crippen LogP contribution in [0.3, 0.4) is 0 Å². The summed E-state index contributed by atoms with van der Waals surface area (Å²) in [7, 11) is 1.62. The first-order chi connectivity index (χ1) is 7.97. The Balaban J connectivity index is 2.73. The Kier molecular flexibility index (Phi) is 4.31. The molecule has 0 aliphatic rings. The third kappa shape index (κ3) is 3.09. The predicted octanol–water partition coefficient (Wildman–Crippen LogP) is 1.37. The van der Waals surface area contributed by atoms with Crippen LogP contribution in [0.25, 0.3) is 0 Å². The van der Waals surface area contributed by atoms with Gasteiger partial charge in [0, 0.05) is 25.5 Å². The molecule has 5 heteroatoms. The minimum Gasteiger partial charge on any atom is -0.481 e. The molecule has 94 valence electrons. The van der Waals surface area contributed by atoms with Crippen molar-refractivity contribution in [3.05, 3.63) is 23.5 Å². The highest BCUT2D eigenvalue weighted by molar-refractivity contribution is 5.95. The molecule has 0 saturated heterocycles. The van der Waals surface area contributed by atoms with Crippen molar-refractivity contribution in [3.63, 3.8) is 0 Å². The van der Waals surface area contributed by atoms with E-state index in [-0.39, 0.29) is 12.5 Å². The number of hydrogen-bond acceptors (Lipinski definition) is 2. The molecule has 1 heterocycles. The van der Waals surface area contributed by atoms with Gasteiger partial charge in [0.1, 0.15) is 0 Å². The summed E-state index contributed by atoms with van der Waals surface area (Å²) in [6.45, 7) is 3.76. The van der Waals surface area contributed by atoms with E-state index in [9.17, 15) is 9.59 Å². The average molecular weight is 238 g/mol. The maximum atomic E-state index is 12.1. The third-order valence-electron chi connectivity index (χ3n) is 2.73. The van der Waals surface area contributed by atoms with Crippen LogP contribution in [0.15, 0.2) is 12.3 Å². The van der Waals surface area contributed by atoms with Gasteiger partial charge in [-0.3, -0.25) is 9.59 Å². The molecule has 1 amide bonds. The van der Waals surface area contributed by atoms with E-state index in [1.54, 1.807) is 26.2 Å². The van der Waals surface area contributed by atoms with Crippen molar-refractivity contribution in [2.75, 3.05) is 13.6 Å². The molecule has 1 aromatic rings. The summed E-state index contributed by atoms with van der Waals surface area (Å²) in [6.07, 6.45) is 2.47. The standard InChI is InChI=1S/C12H18N2O3/c1-4-10-9(5-6-13-10)11(15)14(3)7-8(2)12(16)17/h5-6,8,13H,4,7H2,1-3H3,(H,16,17). The fraction of sp³-hybridized carbons (Fsp3) is 0.500. The topological polar surface area (TPSA) is 73.4 Å². The number of carboxylic acids is 1. The van der Waals surface area contributed by atoms with Crippen molar-refractivity contribution < 1.29 is 14.7 Å². The second-order valence-corrected chi connectivity index (χ2v) is 4.15. The van der Waals surface area contributed by atoms with Crippen LogP contribution in [0.4, 0.5) is 0 Å². The summed E-state index contributed by atoms with van der Waals surface area (Å²) in [6, 6.07) is 1.73. The lowest BCUT2D eigenvalue weighted by atomic mass is 10.1. The number of nitrogens with zero attached hydrogens (tertiary/aromatic N) is 1. The second kappa shape index (κ2) is 5.52. The van der Waals surface area contributed by atoms with Crippen LogP contribution in [0.1, 0.15) is 29.9 Å². The first kappa shape index (κ1) is 13.3. The van der Waals surface area contributed by atoms with Crippen molar-refractivity contribution in [2.45, 2.75) is 20.3 Å². The molecule has 1 atom stereocenters. The molecule has 5 nitrogen and oxygen atoms in total. The largest absolute Gasteiger partial charge is 0.481 e. The number of rotatable bonds is 5. The van der Waals surface area contributed by atoms with E-state index in [2.05, 4.69) is 4.98 Å². The lowest BCUT2D eigenvalue weighted by molar-refractivity contribution is -0.141.